The third-order valence-corrected chi connectivity index (χ3v) is 6.71. The van der Waals surface area contributed by atoms with Crippen molar-refractivity contribution in [3.8, 4) is 0 Å². The smallest absolute Gasteiger partial charge is 0.262 e. The van der Waals surface area contributed by atoms with Gasteiger partial charge in [-0.1, -0.05) is 82.2 Å². The molecule has 0 heterocycles. The first-order valence-electron chi connectivity index (χ1n) is 8.96. The third-order valence-electron chi connectivity index (χ3n) is 4.91. The largest absolute Gasteiger partial charge is 0.297 e. The molecule has 4 rings (SSSR count). The van der Waals surface area contributed by atoms with Crippen LogP contribution in [0.4, 0.5) is 0 Å². The summed E-state index contributed by atoms with van der Waals surface area (Å²) in [5, 5.41) is 0. The van der Waals surface area contributed by atoms with Crippen molar-refractivity contribution in [2.45, 2.75) is 11.8 Å². The van der Waals surface area contributed by atoms with Crippen molar-refractivity contribution < 1.29 is 12.6 Å². The van der Waals surface area contributed by atoms with Gasteiger partial charge in [0.2, 0.25) is 0 Å². The molecule has 0 N–H and O–H groups in total. The molecular formula is C23H19BrO3S. The van der Waals surface area contributed by atoms with E-state index in [1.807, 2.05) is 43.3 Å². The molecule has 0 saturated heterocycles. The molecule has 2 aliphatic carbocycles. The van der Waals surface area contributed by atoms with Crippen LogP contribution in [0.3, 0.4) is 0 Å². The topological polar surface area (TPSA) is 43.4 Å². The van der Waals surface area contributed by atoms with Crippen molar-refractivity contribution in [1.82, 2.24) is 0 Å². The zero-order valence-electron chi connectivity index (χ0n) is 15.3. The average Bonchev–Trinajstić information content (AvgIpc) is 2.83. The van der Waals surface area contributed by atoms with Crippen molar-refractivity contribution in [2.24, 2.45) is 5.92 Å². The number of allylic oxidation sites excluding steroid dienone is 6. The van der Waals surface area contributed by atoms with E-state index in [1.54, 1.807) is 24.3 Å². The number of hydrogen-bond acceptors (Lipinski definition) is 3. The molecule has 1 unspecified atom stereocenters. The lowest BCUT2D eigenvalue weighted by molar-refractivity contribution is 0.362. The van der Waals surface area contributed by atoms with Crippen LogP contribution in [-0.4, -0.2) is 15.0 Å². The molecule has 0 amide bonds. The summed E-state index contributed by atoms with van der Waals surface area (Å²) in [4.78, 5) is 0.169. The Bertz CT molecular complexity index is 1140. The van der Waals surface area contributed by atoms with Gasteiger partial charge < -0.3 is 0 Å². The molecule has 0 spiro atoms. The van der Waals surface area contributed by atoms with Gasteiger partial charge in [0.1, 0.15) is 0 Å². The maximum atomic E-state index is 12.7. The minimum atomic E-state index is -3.84. The van der Waals surface area contributed by atoms with Gasteiger partial charge in [-0.2, -0.15) is 8.42 Å². The van der Waals surface area contributed by atoms with Gasteiger partial charge in [-0.25, -0.2) is 0 Å². The van der Waals surface area contributed by atoms with E-state index >= 15 is 0 Å². The lowest BCUT2D eigenvalue weighted by Crippen LogP contribution is -2.12. The summed E-state index contributed by atoms with van der Waals surface area (Å²) in [5.41, 5.74) is 4.97. The molecule has 28 heavy (non-hydrogen) atoms. The van der Waals surface area contributed by atoms with Gasteiger partial charge >= 0.3 is 0 Å². The Morgan fingerprint density at radius 1 is 1.00 bits per heavy atom. The van der Waals surface area contributed by atoms with Crippen LogP contribution in [0.2, 0.25) is 0 Å². The summed E-state index contributed by atoms with van der Waals surface area (Å²) in [6, 6.07) is 14.7. The normalized spacial score (nSPS) is 18.4. The van der Waals surface area contributed by atoms with Crippen LogP contribution in [0.5, 0.6) is 0 Å². The van der Waals surface area contributed by atoms with Crippen LogP contribution >= 0.6 is 15.9 Å². The second-order valence-electron chi connectivity index (χ2n) is 6.82. The molecule has 0 saturated carbocycles. The maximum absolute atomic E-state index is 12.7. The van der Waals surface area contributed by atoms with Crippen LogP contribution in [0, 0.1) is 12.8 Å². The van der Waals surface area contributed by atoms with Gasteiger partial charge in [-0.15, -0.1) is 0 Å². The molecule has 2 aliphatic rings. The summed E-state index contributed by atoms with van der Waals surface area (Å²) >= 11 is 3.53. The van der Waals surface area contributed by atoms with Gasteiger partial charge in [0.15, 0.2) is 0 Å². The molecule has 0 fully saturated rings. The fraction of sp³-hybridized carbons (Fsp3) is 0.130. The van der Waals surface area contributed by atoms with E-state index in [0.717, 1.165) is 32.3 Å². The van der Waals surface area contributed by atoms with Crippen molar-refractivity contribution >= 4 is 37.7 Å². The Kier molecular flexibility index (Phi) is 5.23. The van der Waals surface area contributed by atoms with E-state index in [0.29, 0.717) is 0 Å². The highest BCUT2D eigenvalue weighted by Crippen LogP contribution is 2.37. The fourth-order valence-electron chi connectivity index (χ4n) is 3.41. The molecule has 2 aromatic carbocycles. The highest BCUT2D eigenvalue weighted by Gasteiger charge is 2.23. The van der Waals surface area contributed by atoms with E-state index in [-0.39, 0.29) is 17.4 Å². The molecule has 142 valence electrons. The summed E-state index contributed by atoms with van der Waals surface area (Å²) in [7, 11) is -3.84. The number of benzene rings is 2. The molecular weight excluding hydrogens is 436 g/mol. The minimum Gasteiger partial charge on any atom is -0.262 e. The zero-order chi connectivity index (χ0) is 19.7. The SMILES string of the molecule is Cc1ccc(S(=O)(=O)OCC2=C3C=CC(Br)=CC3C=Cc3ccccc32)cc1. The number of hydrogen-bond donors (Lipinski definition) is 0. The minimum absolute atomic E-state index is 0.0173. The first-order chi connectivity index (χ1) is 13.4. The number of rotatable bonds is 4. The van der Waals surface area contributed by atoms with E-state index in [9.17, 15) is 8.42 Å². The second-order valence-corrected chi connectivity index (χ2v) is 9.35. The third kappa shape index (κ3) is 3.83. The second kappa shape index (κ2) is 7.66. The van der Waals surface area contributed by atoms with Gasteiger partial charge in [-0.05, 0) is 47.4 Å². The van der Waals surface area contributed by atoms with Crippen LogP contribution in [0.25, 0.3) is 11.6 Å². The Labute approximate surface area is 174 Å². The van der Waals surface area contributed by atoms with Gasteiger partial charge in [0, 0.05) is 10.4 Å². The molecule has 0 bridgehead atoms. The fourth-order valence-corrected chi connectivity index (χ4v) is 4.70. The Morgan fingerprint density at radius 2 is 1.75 bits per heavy atom. The summed E-state index contributed by atoms with van der Waals surface area (Å²) < 4.78 is 31.9. The lowest BCUT2D eigenvalue weighted by atomic mass is 9.89. The Morgan fingerprint density at radius 3 is 2.54 bits per heavy atom. The molecule has 5 heteroatoms. The zero-order valence-corrected chi connectivity index (χ0v) is 17.7. The first kappa shape index (κ1) is 19.1. The summed E-state index contributed by atoms with van der Waals surface area (Å²) in [6.07, 6.45) is 10.3. The molecule has 1 atom stereocenters. The summed E-state index contributed by atoms with van der Waals surface area (Å²) in [6.45, 7) is 1.90. The molecule has 0 radical (unpaired) electrons. The van der Waals surface area contributed by atoms with Crippen molar-refractivity contribution in [3.63, 3.8) is 0 Å². The average molecular weight is 455 g/mol. The van der Waals surface area contributed by atoms with Crippen molar-refractivity contribution in [1.29, 1.82) is 0 Å². The lowest BCUT2D eigenvalue weighted by Gasteiger charge is -2.19. The van der Waals surface area contributed by atoms with E-state index in [2.05, 4.69) is 34.2 Å². The Hall–Kier alpha value is -2.21. The molecule has 0 aromatic heterocycles. The van der Waals surface area contributed by atoms with E-state index in [1.165, 1.54) is 0 Å². The summed E-state index contributed by atoms with van der Waals surface area (Å²) in [5.74, 6) is 0.0625. The van der Waals surface area contributed by atoms with Crippen LogP contribution in [0.1, 0.15) is 16.7 Å². The van der Waals surface area contributed by atoms with Crippen LogP contribution < -0.4 is 0 Å². The standard InChI is InChI=1S/C23H19BrO3S/c1-16-6-11-20(12-7-16)28(25,26)27-15-23-21-5-3-2-4-17(21)8-9-18-14-19(24)10-13-22(18)23/h2-14,18H,15H2,1H3. The Balaban J connectivity index is 1.72. The first-order valence-corrected chi connectivity index (χ1v) is 11.2. The van der Waals surface area contributed by atoms with E-state index < -0.39 is 10.1 Å². The monoisotopic (exact) mass is 454 g/mol. The molecule has 0 aliphatic heterocycles. The van der Waals surface area contributed by atoms with Crippen molar-refractivity contribution in [3.05, 3.63) is 99.6 Å². The number of aryl methyl sites for hydroxylation is 1. The van der Waals surface area contributed by atoms with Gasteiger partial charge in [0.05, 0.1) is 11.5 Å². The number of fused-ring (bicyclic) bond motifs is 2. The number of halogens is 1. The maximum Gasteiger partial charge on any atom is 0.297 e. The van der Waals surface area contributed by atoms with E-state index in [4.69, 9.17) is 4.18 Å². The highest BCUT2D eigenvalue weighted by atomic mass is 79.9. The van der Waals surface area contributed by atoms with Crippen molar-refractivity contribution in [2.75, 3.05) is 6.61 Å². The van der Waals surface area contributed by atoms with Gasteiger partial charge in [0.25, 0.3) is 10.1 Å². The molecule has 3 nitrogen and oxygen atoms in total. The van der Waals surface area contributed by atoms with Crippen LogP contribution in [-0.2, 0) is 14.3 Å². The quantitative estimate of drug-likeness (QED) is 0.560. The molecule has 2 aromatic rings. The highest BCUT2D eigenvalue weighted by molar-refractivity contribution is 9.11. The van der Waals surface area contributed by atoms with Crippen LogP contribution in [0.15, 0.2) is 87.8 Å². The van der Waals surface area contributed by atoms with Gasteiger partial charge in [-0.3, -0.25) is 4.18 Å². The predicted molar refractivity (Wildman–Crippen MR) is 116 cm³/mol. The predicted octanol–water partition coefficient (Wildman–Crippen LogP) is 5.65.